The monoisotopic (exact) mass is 355 g/mol. The van der Waals surface area contributed by atoms with E-state index >= 15 is 0 Å². The van der Waals surface area contributed by atoms with Crippen LogP contribution in [0.5, 0.6) is 0 Å². The van der Waals surface area contributed by atoms with Crippen molar-refractivity contribution < 1.29 is 14.7 Å². The smallest absolute Gasteiger partial charge is 0.337 e. The fourth-order valence-corrected chi connectivity index (χ4v) is 2.35. The topological polar surface area (TPSA) is 128 Å². The molecule has 0 saturated carbocycles. The molecular weight excluding hydrogens is 338 g/mol. The summed E-state index contributed by atoms with van der Waals surface area (Å²) in [6, 6.07) is 2.85. The van der Waals surface area contributed by atoms with Gasteiger partial charge in [0.05, 0.1) is 35.8 Å². The van der Waals surface area contributed by atoms with Crippen molar-refractivity contribution in [1.29, 1.82) is 0 Å². The third-order valence-corrected chi connectivity index (χ3v) is 3.62. The first-order valence-corrected chi connectivity index (χ1v) is 7.81. The van der Waals surface area contributed by atoms with E-state index in [0.29, 0.717) is 23.5 Å². The zero-order valence-electron chi connectivity index (χ0n) is 14.2. The van der Waals surface area contributed by atoms with Crippen molar-refractivity contribution >= 4 is 11.9 Å². The number of carboxylic acid groups (broad SMARTS) is 1. The summed E-state index contributed by atoms with van der Waals surface area (Å²) in [4.78, 5) is 27.0. The number of pyridine rings is 1. The molecule has 0 aromatic carbocycles. The molecule has 10 nitrogen and oxygen atoms in total. The summed E-state index contributed by atoms with van der Waals surface area (Å²) in [6.07, 6.45) is 6.10. The van der Waals surface area contributed by atoms with Crippen LogP contribution >= 0.6 is 0 Å². The van der Waals surface area contributed by atoms with Crippen molar-refractivity contribution in [2.75, 3.05) is 0 Å². The van der Waals surface area contributed by atoms with Crippen LogP contribution < -0.4 is 5.32 Å². The summed E-state index contributed by atoms with van der Waals surface area (Å²) in [6.45, 7) is 2.28. The van der Waals surface area contributed by atoms with Crippen LogP contribution in [0.3, 0.4) is 0 Å². The van der Waals surface area contributed by atoms with Gasteiger partial charge in [0.25, 0.3) is 5.91 Å². The first-order chi connectivity index (χ1) is 12.4. The molecule has 3 aromatic rings. The van der Waals surface area contributed by atoms with Gasteiger partial charge >= 0.3 is 5.97 Å². The molecule has 0 radical (unpaired) electrons. The van der Waals surface area contributed by atoms with E-state index in [0.717, 1.165) is 0 Å². The van der Waals surface area contributed by atoms with Gasteiger partial charge in [-0.2, -0.15) is 5.10 Å². The number of carbonyl (C=O) groups is 2. The number of hydrogen-bond acceptors (Lipinski definition) is 6. The maximum atomic E-state index is 12.1. The van der Waals surface area contributed by atoms with E-state index < -0.39 is 5.97 Å². The Morgan fingerprint density at radius 2 is 2.00 bits per heavy atom. The number of hydrogen-bond donors (Lipinski definition) is 2. The first kappa shape index (κ1) is 17.3. The summed E-state index contributed by atoms with van der Waals surface area (Å²) in [7, 11) is 1.74. The Balaban J connectivity index is 1.62. The van der Waals surface area contributed by atoms with Gasteiger partial charge in [0.1, 0.15) is 5.69 Å². The highest BCUT2D eigenvalue weighted by molar-refractivity contribution is 5.93. The molecule has 2 N–H and O–H groups in total. The molecule has 134 valence electrons. The van der Waals surface area contributed by atoms with Gasteiger partial charge in [-0.1, -0.05) is 5.21 Å². The largest absolute Gasteiger partial charge is 0.478 e. The van der Waals surface area contributed by atoms with Gasteiger partial charge in [0.15, 0.2) is 0 Å². The molecule has 0 bridgehead atoms. The van der Waals surface area contributed by atoms with Gasteiger partial charge in [-0.05, 0) is 19.1 Å². The highest BCUT2D eigenvalue weighted by Gasteiger charge is 2.13. The Hall–Kier alpha value is -3.56. The number of aryl methyl sites for hydroxylation is 1. The Kier molecular flexibility index (Phi) is 4.74. The molecule has 0 aliphatic carbocycles. The number of aromatic nitrogens is 6. The van der Waals surface area contributed by atoms with E-state index in [1.54, 1.807) is 34.9 Å². The van der Waals surface area contributed by atoms with Crippen molar-refractivity contribution in [2.45, 2.75) is 19.5 Å². The van der Waals surface area contributed by atoms with Crippen molar-refractivity contribution in [3.63, 3.8) is 0 Å². The Labute approximate surface area is 148 Å². The second kappa shape index (κ2) is 7.13. The zero-order valence-corrected chi connectivity index (χ0v) is 14.2. The second-order valence-electron chi connectivity index (χ2n) is 5.84. The molecule has 3 rings (SSSR count). The highest BCUT2D eigenvalue weighted by atomic mass is 16.4. The maximum Gasteiger partial charge on any atom is 0.337 e. The molecule has 0 saturated heterocycles. The average molecular weight is 355 g/mol. The average Bonchev–Trinajstić information content (AvgIpc) is 3.24. The predicted octanol–water partition coefficient (Wildman–Crippen LogP) is 0.590. The van der Waals surface area contributed by atoms with Gasteiger partial charge in [0.2, 0.25) is 0 Å². The number of nitrogens with one attached hydrogen (secondary N) is 1. The van der Waals surface area contributed by atoms with E-state index in [1.807, 2.05) is 6.92 Å². The van der Waals surface area contributed by atoms with Gasteiger partial charge < -0.3 is 10.4 Å². The number of amides is 1. The third kappa shape index (κ3) is 3.91. The number of carboxylic acids is 1. The Bertz CT molecular complexity index is 929. The lowest BCUT2D eigenvalue weighted by atomic mass is 10.2. The summed E-state index contributed by atoms with van der Waals surface area (Å²) in [5, 5.41) is 23.8. The molecule has 0 aliphatic heterocycles. The van der Waals surface area contributed by atoms with E-state index in [9.17, 15) is 9.59 Å². The van der Waals surface area contributed by atoms with Gasteiger partial charge in [0, 0.05) is 25.5 Å². The molecule has 3 aromatic heterocycles. The van der Waals surface area contributed by atoms with Crippen LogP contribution in [0.4, 0.5) is 0 Å². The summed E-state index contributed by atoms with van der Waals surface area (Å²) in [5.74, 6) is -1.25. The minimum atomic E-state index is -1.04. The SMILES string of the molecule is C[C@H](Cn1cc(-c2ccc(C(=O)O)cn2)nn1)NC(=O)c1cnn(C)c1. The number of carbonyl (C=O) groups excluding carboxylic acids is 1. The Morgan fingerprint density at radius 3 is 2.62 bits per heavy atom. The second-order valence-corrected chi connectivity index (χ2v) is 5.84. The van der Waals surface area contributed by atoms with E-state index in [2.05, 4.69) is 25.7 Å². The predicted molar refractivity (Wildman–Crippen MR) is 90.3 cm³/mol. The summed E-state index contributed by atoms with van der Waals surface area (Å²) >= 11 is 0. The molecule has 26 heavy (non-hydrogen) atoms. The number of rotatable bonds is 6. The minimum absolute atomic E-state index is 0.105. The maximum absolute atomic E-state index is 12.1. The molecular formula is C16H17N7O3. The molecule has 0 fully saturated rings. The molecule has 0 unspecified atom stereocenters. The van der Waals surface area contributed by atoms with E-state index in [-0.39, 0.29) is 17.5 Å². The fraction of sp³-hybridized carbons (Fsp3) is 0.250. The van der Waals surface area contributed by atoms with Crippen molar-refractivity contribution in [1.82, 2.24) is 35.1 Å². The standard InChI is InChI=1S/C16H17N7O3/c1-10(19-15(24)12-6-18-22(2)8-12)7-23-9-14(20-21-23)13-4-3-11(5-17-13)16(25)26/h3-6,8-10H,7H2,1-2H3,(H,19,24)(H,25,26)/t10-/m1/s1. The zero-order chi connectivity index (χ0) is 18.7. The molecule has 10 heteroatoms. The van der Waals surface area contributed by atoms with Crippen LogP contribution in [0, 0.1) is 0 Å². The van der Waals surface area contributed by atoms with Crippen molar-refractivity contribution in [2.24, 2.45) is 7.05 Å². The van der Waals surface area contributed by atoms with Crippen LogP contribution in [-0.2, 0) is 13.6 Å². The molecule has 3 heterocycles. The quantitative estimate of drug-likeness (QED) is 0.662. The Morgan fingerprint density at radius 1 is 1.19 bits per heavy atom. The van der Waals surface area contributed by atoms with Crippen LogP contribution in [0.2, 0.25) is 0 Å². The van der Waals surface area contributed by atoms with E-state index in [1.165, 1.54) is 18.5 Å². The molecule has 0 aliphatic rings. The molecule has 1 amide bonds. The van der Waals surface area contributed by atoms with Crippen molar-refractivity contribution in [3.05, 3.63) is 48.0 Å². The highest BCUT2D eigenvalue weighted by Crippen LogP contribution is 2.13. The lowest BCUT2D eigenvalue weighted by Gasteiger charge is -2.12. The molecule has 0 spiro atoms. The number of aromatic carboxylic acids is 1. The van der Waals surface area contributed by atoms with Gasteiger partial charge in [-0.3, -0.25) is 14.5 Å². The third-order valence-electron chi connectivity index (χ3n) is 3.62. The van der Waals surface area contributed by atoms with Gasteiger partial charge in [-0.15, -0.1) is 5.10 Å². The van der Waals surface area contributed by atoms with Crippen LogP contribution in [-0.4, -0.2) is 52.8 Å². The number of nitrogens with zero attached hydrogens (tertiary/aromatic N) is 6. The van der Waals surface area contributed by atoms with Crippen molar-refractivity contribution in [3.8, 4) is 11.4 Å². The first-order valence-electron chi connectivity index (χ1n) is 7.81. The molecule has 1 atom stereocenters. The summed E-state index contributed by atoms with van der Waals surface area (Å²) in [5.41, 5.74) is 1.63. The fourth-order valence-electron chi connectivity index (χ4n) is 2.35. The van der Waals surface area contributed by atoms with E-state index in [4.69, 9.17) is 5.11 Å². The minimum Gasteiger partial charge on any atom is -0.478 e. The summed E-state index contributed by atoms with van der Waals surface area (Å²) < 4.78 is 3.15. The lowest BCUT2D eigenvalue weighted by molar-refractivity contribution is 0.0696. The van der Waals surface area contributed by atoms with Crippen LogP contribution in [0.25, 0.3) is 11.4 Å². The normalized spacial score (nSPS) is 11.9. The van der Waals surface area contributed by atoms with Crippen LogP contribution in [0.1, 0.15) is 27.6 Å². The van der Waals surface area contributed by atoms with Crippen LogP contribution in [0.15, 0.2) is 36.9 Å². The van der Waals surface area contributed by atoms with Gasteiger partial charge in [-0.25, -0.2) is 9.48 Å². The lowest BCUT2D eigenvalue weighted by Crippen LogP contribution is -2.35.